The van der Waals surface area contributed by atoms with E-state index in [1.54, 1.807) is 12.1 Å². The maximum absolute atomic E-state index is 13.2. The molecule has 1 aromatic heterocycles. The summed E-state index contributed by atoms with van der Waals surface area (Å²) >= 11 is 0. The highest BCUT2D eigenvalue weighted by atomic mass is 19.1. The molecule has 1 heterocycles. The van der Waals surface area contributed by atoms with E-state index in [9.17, 15) is 4.39 Å². The highest BCUT2D eigenvalue weighted by Crippen LogP contribution is 2.41. The molecule has 4 rings (SSSR count). The molecule has 0 saturated carbocycles. The second kappa shape index (κ2) is 4.63. The fourth-order valence-electron chi connectivity index (χ4n) is 3.13. The van der Waals surface area contributed by atoms with Crippen LogP contribution in [0.5, 0.6) is 0 Å². The Morgan fingerprint density at radius 2 is 1.73 bits per heavy atom. The number of hydrogen-bond acceptors (Lipinski definition) is 3. The van der Waals surface area contributed by atoms with Gasteiger partial charge in [0.2, 0.25) is 5.95 Å². The first-order valence-corrected chi connectivity index (χ1v) is 7.14. The number of hydrogen-bond donors (Lipinski definition) is 1. The molecule has 0 bridgehead atoms. The Morgan fingerprint density at radius 3 is 2.50 bits per heavy atom. The molecular weight excluding hydrogens is 277 g/mol. The third kappa shape index (κ3) is 1.88. The number of nitrogens with zero attached hydrogens (tertiary/aromatic N) is 2. The monoisotopic (exact) mass is 291 g/mol. The normalized spacial score (nSPS) is 12.1. The quantitative estimate of drug-likeness (QED) is 0.581. The zero-order chi connectivity index (χ0) is 15.3. The summed E-state index contributed by atoms with van der Waals surface area (Å²) in [6, 6.07) is 12.6. The van der Waals surface area contributed by atoms with Crippen LogP contribution in [0.3, 0.4) is 0 Å². The maximum Gasteiger partial charge on any atom is 0.221 e. The molecule has 0 saturated heterocycles. The summed E-state index contributed by atoms with van der Waals surface area (Å²) in [5, 5.41) is 0. The standard InChI is InChI=1S/C18H14FN3/c1-10-3-2-4-12-9-14-16(11-5-7-13(19)8-6-11)21-18(20)22-17(14)15(10)12/h2-8H,9H2,1H3,(H2,20,21,22). The molecule has 2 N–H and O–H groups in total. The first-order valence-electron chi connectivity index (χ1n) is 7.14. The van der Waals surface area contributed by atoms with Gasteiger partial charge in [-0.05, 0) is 42.3 Å². The van der Waals surface area contributed by atoms with Gasteiger partial charge < -0.3 is 5.73 Å². The van der Waals surface area contributed by atoms with Gasteiger partial charge in [-0.25, -0.2) is 14.4 Å². The van der Waals surface area contributed by atoms with Crippen molar-refractivity contribution in [3.05, 3.63) is 65.0 Å². The Kier molecular flexibility index (Phi) is 2.73. The second-order valence-electron chi connectivity index (χ2n) is 5.55. The molecule has 3 aromatic rings. The molecule has 0 radical (unpaired) electrons. The van der Waals surface area contributed by atoms with Crippen molar-refractivity contribution >= 4 is 5.95 Å². The molecular formula is C18H14FN3. The van der Waals surface area contributed by atoms with Crippen molar-refractivity contribution in [1.82, 2.24) is 9.97 Å². The minimum Gasteiger partial charge on any atom is -0.368 e. The molecule has 108 valence electrons. The summed E-state index contributed by atoms with van der Waals surface area (Å²) in [5.74, 6) is -0.0178. The van der Waals surface area contributed by atoms with Gasteiger partial charge in [0, 0.05) is 23.1 Å². The van der Waals surface area contributed by atoms with Crippen molar-refractivity contribution in [2.24, 2.45) is 0 Å². The van der Waals surface area contributed by atoms with Gasteiger partial charge in [0.15, 0.2) is 0 Å². The molecule has 0 unspecified atom stereocenters. The molecule has 2 aromatic carbocycles. The second-order valence-corrected chi connectivity index (χ2v) is 5.55. The van der Waals surface area contributed by atoms with Crippen LogP contribution in [0.15, 0.2) is 42.5 Å². The van der Waals surface area contributed by atoms with Crippen molar-refractivity contribution in [2.75, 3.05) is 5.73 Å². The van der Waals surface area contributed by atoms with E-state index in [-0.39, 0.29) is 11.8 Å². The predicted octanol–water partition coefficient (Wildman–Crippen LogP) is 3.74. The largest absolute Gasteiger partial charge is 0.368 e. The number of rotatable bonds is 1. The van der Waals surface area contributed by atoms with E-state index in [1.807, 2.05) is 6.07 Å². The van der Waals surface area contributed by atoms with Gasteiger partial charge >= 0.3 is 0 Å². The van der Waals surface area contributed by atoms with Gasteiger partial charge in [0.05, 0.1) is 11.4 Å². The maximum atomic E-state index is 13.2. The summed E-state index contributed by atoms with van der Waals surface area (Å²) < 4.78 is 13.2. The number of aromatic nitrogens is 2. The number of aryl methyl sites for hydroxylation is 1. The fourth-order valence-corrected chi connectivity index (χ4v) is 3.13. The molecule has 0 amide bonds. The van der Waals surface area contributed by atoms with Crippen molar-refractivity contribution in [1.29, 1.82) is 0 Å². The molecule has 0 fully saturated rings. The number of nitrogens with two attached hydrogens (primary N) is 1. The minimum absolute atomic E-state index is 0.245. The Morgan fingerprint density at radius 1 is 1.00 bits per heavy atom. The lowest BCUT2D eigenvalue weighted by atomic mass is 10.0. The Labute approximate surface area is 127 Å². The van der Waals surface area contributed by atoms with Crippen LogP contribution in [0.4, 0.5) is 10.3 Å². The van der Waals surface area contributed by atoms with Crippen molar-refractivity contribution in [2.45, 2.75) is 13.3 Å². The summed E-state index contributed by atoms with van der Waals surface area (Å²) in [6.45, 7) is 2.07. The summed E-state index contributed by atoms with van der Waals surface area (Å²) in [5.41, 5.74) is 13.1. The molecule has 22 heavy (non-hydrogen) atoms. The van der Waals surface area contributed by atoms with Gasteiger partial charge in [-0.15, -0.1) is 0 Å². The molecule has 0 aliphatic heterocycles. The van der Waals surface area contributed by atoms with E-state index in [2.05, 4.69) is 29.0 Å². The van der Waals surface area contributed by atoms with E-state index in [1.165, 1.54) is 23.3 Å². The van der Waals surface area contributed by atoms with Gasteiger partial charge in [-0.3, -0.25) is 0 Å². The lowest BCUT2D eigenvalue weighted by Crippen LogP contribution is -2.01. The van der Waals surface area contributed by atoms with Crippen LogP contribution in [0.1, 0.15) is 16.7 Å². The third-order valence-corrected chi connectivity index (χ3v) is 4.11. The average molecular weight is 291 g/mol. The zero-order valence-electron chi connectivity index (χ0n) is 12.1. The van der Waals surface area contributed by atoms with Gasteiger partial charge in [-0.2, -0.15) is 0 Å². The number of nitrogen functional groups attached to an aromatic ring is 1. The van der Waals surface area contributed by atoms with Gasteiger partial charge in [0.25, 0.3) is 0 Å². The van der Waals surface area contributed by atoms with Crippen molar-refractivity contribution in [3.63, 3.8) is 0 Å². The highest BCUT2D eigenvalue weighted by Gasteiger charge is 2.26. The number of benzene rings is 2. The highest BCUT2D eigenvalue weighted by molar-refractivity contribution is 5.83. The zero-order valence-corrected chi connectivity index (χ0v) is 12.1. The first-order chi connectivity index (χ1) is 10.6. The van der Waals surface area contributed by atoms with E-state index in [0.717, 1.165) is 34.5 Å². The third-order valence-electron chi connectivity index (χ3n) is 4.11. The van der Waals surface area contributed by atoms with Crippen molar-refractivity contribution in [3.8, 4) is 22.5 Å². The Balaban J connectivity index is 1.98. The smallest absolute Gasteiger partial charge is 0.221 e. The topological polar surface area (TPSA) is 51.8 Å². The van der Waals surface area contributed by atoms with Crippen LogP contribution in [0, 0.1) is 12.7 Å². The SMILES string of the molecule is Cc1cccc2c1-c1nc(N)nc(-c3ccc(F)cc3)c1C2. The van der Waals surface area contributed by atoms with E-state index < -0.39 is 0 Å². The number of anilines is 1. The Hall–Kier alpha value is -2.75. The van der Waals surface area contributed by atoms with Crippen molar-refractivity contribution < 1.29 is 4.39 Å². The number of halogens is 1. The van der Waals surface area contributed by atoms with Crippen LogP contribution < -0.4 is 5.73 Å². The minimum atomic E-state index is -0.262. The molecule has 1 aliphatic rings. The molecule has 4 heteroatoms. The van der Waals surface area contributed by atoms with Crippen LogP contribution in [-0.4, -0.2) is 9.97 Å². The first kappa shape index (κ1) is 13.0. The lowest BCUT2D eigenvalue weighted by molar-refractivity contribution is 0.628. The molecule has 0 atom stereocenters. The Bertz CT molecular complexity index is 886. The molecule has 1 aliphatic carbocycles. The van der Waals surface area contributed by atoms with Gasteiger partial charge in [0.1, 0.15) is 5.82 Å². The predicted molar refractivity (Wildman–Crippen MR) is 84.8 cm³/mol. The van der Waals surface area contributed by atoms with Crippen LogP contribution in [0.25, 0.3) is 22.5 Å². The van der Waals surface area contributed by atoms with E-state index in [4.69, 9.17) is 5.73 Å². The van der Waals surface area contributed by atoms with Gasteiger partial charge in [-0.1, -0.05) is 18.2 Å². The average Bonchev–Trinajstić information content (AvgIpc) is 2.87. The van der Waals surface area contributed by atoms with Crippen LogP contribution in [0.2, 0.25) is 0 Å². The lowest BCUT2D eigenvalue weighted by Gasteiger charge is -2.09. The summed E-state index contributed by atoms with van der Waals surface area (Å²) in [4.78, 5) is 8.85. The number of fused-ring (bicyclic) bond motifs is 3. The van der Waals surface area contributed by atoms with Crippen LogP contribution >= 0.6 is 0 Å². The van der Waals surface area contributed by atoms with E-state index in [0.29, 0.717) is 0 Å². The molecule has 0 spiro atoms. The fraction of sp³-hybridized carbons (Fsp3) is 0.111. The van der Waals surface area contributed by atoms with Crippen LogP contribution in [-0.2, 0) is 6.42 Å². The summed E-state index contributed by atoms with van der Waals surface area (Å²) in [6.07, 6.45) is 0.777. The van der Waals surface area contributed by atoms with E-state index >= 15 is 0 Å². The summed E-state index contributed by atoms with van der Waals surface area (Å²) in [7, 11) is 0. The molecule has 3 nitrogen and oxygen atoms in total.